The first-order valence-corrected chi connectivity index (χ1v) is 11.2. The molecule has 1 saturated heterocycles. The van der Waals surface area contributed by atoms with Gasteiger partial charge in [0, 0.05) is 44.2 Å². The van der Waals surface area contributed by atoms with Crippen LogP contribution < -0.4 is 10.1 Å². The van der Waals surface area contributed by atoms with Gasteiger partial charge in [-0.05, 0) is 30.7 Å². The van der Waals surface area contributed by atoms with Crippen LogP contribution in [0.2, 0.25) is 0 Å². The monoisotopic (exact) mass is 449 g/mol. The Labute approximate surface area is 194 Å². The number of methoxy groups -OCH3 is 2. The zero-order valence-electron chi connectivity index (χ0n) is 19.5. The Bertz CT molecular complexity index is 1120. The van der Waals surface area contributed by atoms with E-state index in [-0.39, 0.29) is 12.0 Å². The van der Waals surface area contributed by atoms with Crippen LogP contribution >= 0.6 is 0 Å². The number of nitrogens with one attached hydrogen (secondary N) is 1. The van der Waals surface area contributed by atoms with Crippen LogP contribution in [0.15, 0.2) is 48.5 Å². The van der Waals surface area contributed by atoms with Gasteiger partial charge in [0.2, 0.25) is 0 Å². The summed E-state index contributed by atoms with van der Waals surface area (Å²) in [5.74, 6) is 0.765. The minimum Gasteiger partial charge on any atom is -0.496 e. The highest BCUT2D eigenvalue weighted by Gasteiger charge is 2.26. The number of hydrogen-bond acceptors (Lipinski definition) is 6. The average Bonchev–Trinajstić information content (AvgIpc) is 2.84. The summed E-state index contributed by atoms with van der Waals surface area (Å²) in [7, 11) is 3.32. The number of aromatic nitrogens is 1. The van der Waals surface area contributed by atoms with Crippen molar-refractivity contribution in [3.63, 3.8) is 0 Å². The number of carbonyl (C=O) groups excluding carboxylic acids is 1. The quantitative estimate of drug-likeness (QED) is 0.531. The largest absolute Gasteiger partial charge is 0.496 e. The van der Waals surface area contributed by atoms with Gasteiger partial charge in [-0.2, -0.15) is 0 Å². The van der Waals surface area contributed by atoms with Crippen molar-refractivity contribution in [2.75, 3.05) is 47.1 Å². The Hall–Kier alpha value is -3.00. The summed E-state index contributed by atoms with van der Waals surface area (Å²) < 4.78 is 16.7. The smallest absolute Gasteiger partial charge is 0.252 e. The maximum Gasteiger partial charge on any atom is 0.252 e. The van der Waals surface area contributed by atoms with E-state index in [9.17, 15) is 4.79 Å². The molecule has 7 nitrogen and oxygen atoms in total. The fourth-order valence-electron chi connectivity index (χ4n) is 4.16. The molecule has 1 atom stereocenters. The Morgan fingerprint density at radius 3 is 2.88 bits per heavy atom. The first-order valence-electron chi connectivity index (χ1n) is 11.2. The lowest BCUT2D eigenvalue weighted by atomic mass is 10.0. The molecule has 33 heavy (non-hydrogen) atoms. The molecule has 1 amide bonds. The third-order valence-corrected chi connectivity index (χ3v) is 5.89. The van der Waals surface area contributed by atoms with Gasteiger partial charge in [-0.3, -0.25) is 9.69 Å². The molecule has 0 bridgehead atoms. The average molecular weight is 450 g/mol. The molecule has 1 N–H and O–H groups in total. The Morgan fingerprint density at radius 1 is 1.21 bits per heavy atom. The standard InChI is InChI=1S/C26H31N3O4/c1-18-8-9-19(24(14-18)32-3)16-29-11-13-33-25(17-29)23-15-21(26(30)27-10-12-31-2)20-6-4-5-7-22(20)28-23/h4-9,14-15,25H,10-13,16-17H2,1-3H3,(H,27,30). The van der Waals surface area contributed by atoms with E-state index in [0.717, 1.165) is 41.0 Å². The van der Waals surface area contributed by atoms with E-state index in [1.165, 1.54) is 5.56 Å². The molecule has 2 aromatic carbocycles. The number of nitrogens with zero attached hydrogens (tertiary/aromatic N) is 2. The lowest BCUT2D eigenvalue weighted by Crippen LogP contribution is -2.38. The summed E-state index contributed by atoms with van der Waals surface area (Å²) in [5, 5.41) is 3.75. The normalized spacial score (nSPS) is 16.6. The van der Waals surface area contributed by atoms with Crippen LogP contribution in [0.5, 0.6) is 5.75 Å². The summed E-state index contributed by atoms with van der Waals surface area (Å²) in [6.45, 7) is 5.85. The molecular formula is C26H31N3O4. The second kappa shape index (κ2) is 10.7. The molecule has 3 aromatic rings. The van der Waals surface area contributed by atoms with Crippen molar-refractivity contribution in [3.05, 3.63) is 70.9 Å². The maximum atomic E-state index is 12.9. The number of morpholine rings is 1. The highest BCUT2D eigenvalue weighted by molar-refractivity contribution is 6.06. The van der Waals surface area contributed by atoms with Crippen molar-refractivity contribution in [1.29, 1.82) is 0 Å². The van der Waals surface area contributed by atoms with Crippen molar-refractivity contribution in [1.82, 2.24) is 15.2 Å². The summed E-state index contributed by atoms with van der Waals surface area (Å²) in [4.78, 5) is 20.1. The topological polar surface area (TPSA) is 72.9 Å². The first-order chi connectivity index (χ1) is 16.1. The van der Waals surface area contributed by atoms with Crippen molar-refractivity contribution >= 4 is 16.8 Å². The third kappa shape index (κ3) is 5.50. The van der Waals surface area contributed by atoms with Crippen molar-refractivity contribution < 1.29 is 19.0 Å². The second-order valence-corrected chi connectivity index (χ2v) is 8.27. The molecule has 0 aliphatic carbocycles. The molecule has 0 spiro atoms. The number of amides is 1. The maximum absolute atomic E-state index is 12.9. The number of para-hydroxylation sites is 1. The van der Waals surface area contributed by atoms with Crippen molar-refractivity contribution in [2.45, 2.75) is 19.6 Å². The minimum atomic E-state index is -0.217. The van der Waals surface area contributed by atoms with Gasteiger partial charge < -0.3 is 19.5 Å². The highest BCUT2D eigenvalue weighted by atomic mass is 16.5. The van der Waals surface area contributed by atoms with E-state index in [1.54, 1.807) is 14.2 Å². The van der Waals surface area contributed by atoms with Gasteiger partial charge in [0.05, 0.1) is 37.1 Å². The van der Waals surface area contributed by atoms with Gasteiger partial charge in [-0.1, -0.05) is 30.3 Å². The Kier molecular flexibility index (Phi) is 7.54. The summed E-state index contributed by atoms with van der Waals surface area (Å²) >= 11 is 0. The number of benzene rings is 2. The summed E-state index contributed by atoms with van der Waals surface area (Å²) in [5.41, 5.74) is 4.48. The predicted molar refractivity (Wildman–Crippen MR) is 128 cm³/mol. The molecule has 7 heteroatoms. The van der Waals surface area contributed by atoms with E-state index in [1.807, 2.05) is 30.3 Å². The summed E-state index contributed by atoms with van der Waals surface area (Å²) in [6.07, 6.45) is -0.217. The van der Waals surface area contributed by atoms with Crippen molar-refractivity contribution in [2.24, 2.45) is 0 Å². The van der Waals surface area contributed by atoms with Crippen LogP contribution in [0, 0.1) is 6.92 Å². The molecule has 1 fully saturated rings. The Balaban J connectivity index is 1.57. The zero-order valence-corrected chi connectivity index (χ0v) is 19.5. The van der Waals surface area contributed by atoms with E-state index in [4.69, 9.17) is 19.2 Å². The van der Waals surface area contributed by atoms with Crippen LogP contribution in [-0.4, -0.2) is 62.9 Å². The molecule has 1 aromatic heterocycles. The number of ether oxygens (including phenoxy) is 3. The van der Waals surface area contributed by atoms with Crippen LogP contribution in [0.3, 0.4) is 0 Å². The summed E-state index contributed by atoms with van der Waals surface area (Å²) in [6, 6.07) is 15.9. The van der Waals surface area contributed by atoms with E-state index >= 15 is 0 Å². The molecular weight excluding hydrogens is 418 g/mol. The van der Waals surface area contributed by atoms with Gasteiger partial charge in [-0.15, -0.1) is 0 Å². The highest BCUT2D eigenvalue weighted by Crippen LogP contribution is 2.28. The van der Waals surface area contributed by atoms with Gasteiger partial charge >= 0.3 is 0 Å². The lowest BCUT2D eigenvalue weighted by Gasteiger charge is -2.33. The molecule has 174 valence electrons. The van der Waals surface area contributed by atoms with E-state index < -0.39 is 0 Å². The number of fused-ring (bicyclic) bond motifs is 1. The van der Waals surface area contributed by atoms with Crippen LogP contribution in [-0.2, 0) is 16.0 Å². The minimum absolute atomic E-state index is 0.135. The van der Waals surface area contributed by atoms with Crippen molar-refractivity contribution in [3.8, 4) is 5.75 Å². The molecule has 4 rings (SSSR count). The predicted octanol–water partition coefficient (Wildman–Crippen LogP) is 3.50. The molecule has 1 unspecified atom stereocenters. The number of hydrogen-bond donors (Lipinski definition) is 1. The van der Waals surface area contributed by atoms with E-state index in [2.05, 4.69) is 35.3 Å². The second-order valence-electron chi connectivity index (χ2n) is 8.27. The molecule has 1 aliphatic heterocycles. The zero-order chi connectivity index (χ0) is 23.2. The lowest BCUT2D eigenvalue weighted by molar-refractivity contribution is -0.0350. The van der Waals surface area contributed by atoms with Gasteiger partial charge in [0.1, 0.15) is 11.9 Å². The molecule has 2 heterocycles. The number of rotatable bonds is 8. The fourth-order valence-corrected chi connectivity index (χ4v) is 4.16. The SMILES string of the molecule is COCCNC(=O)c1cc(C2CN(Cc3ccc(C)cc3OC)CCO2)nc2ccccc12. The number of pyridine rings is 1. The molecule has 1 aliphatic rings. The number of carbonyl (C=O) groups is 1. The Morgan fingerprint density at radius 2 is 2.06 bits per heavy atom. The molecule has 0 radical (unpaired) electrons. The van der Waals surface area contributed by atoms with Gasteiger partial charge in [-0.25, -0.2) is 4.98 Å². The van der Waals surface area contributed by atoms with Gasteiger partial charge in [0.15, 0.2) is 0 Å². The molecule has 0 saturated carbocycles. The van der Waals surface area contributed by atoms with Crippen LogP contribution in [0.1, 0.15) is 33.3 Å². The van der Waals surface area contributed by atoms with E-state index in [0.29, 0.717) is 31.9 Å². The first kappa shape index (κ1) is 23.2. The third-order valence-electron chi connectivity index (χ3n) is 5.89. The van der Waals surface area contributed by atoms with Crippen LogP contribution in [0.4, 0.5) is 0 Å². The van der Waals surface area contributed by atoms with Crippen LogP contribution in [0.25, 0.3) is 10.9 Å². The fraction of sp³-hybridized carbons (Fsp3) is 0.385. The number of aryl methyl sites for hydroxylation is 1. The van der Waals surface area contributed by atoms with Gasteiger partial charge in [0.25, 0.3) is 5.91 Å².